The van der Waals surface area contributed by atoms with Crippen LogP contribution in [0.5, 0.6) is 0 Å². The molecule has 0 unspecified atom stereocenters. The molecule has 2 aromatic heterocycles. The van der Waals surface area contributed by atoms with E-state index < -0.39 is 5.54 Å². The lowest BCUT2D eigenvalue weighted by molar-refractivity contribution is 0.0290. The molecular formula is C26H42N8O3. The number of ether oxygens (including phenoxy) is 1. The average molecular weight is 515 g/mol. The van der Waals surface area contributed by atoms with Gasteiger partial charge in [-0.3, -0.25) is 14.8 Å². The van der Waals surface area contributed by atoms with E-state index in [4.69, 9.17) is 4.74 Å². The van der Waals surface area contributed by atoms with Crippen LogP contribution >= 0.6 is 0 Å². The van der Waals surface area contributed by atoms with Gasteiger partial charge in [-0.15, -0.1) is 0 Å². The minimum absolute atomic E-state index is 0. The number of aryl methyl sites for hydroxylation is 1. The Kier molecular flexibility index (Phi) is 7.94. The van der Waals surface area contributed by atoms with Crippen molar-refractivity contribution in [3.8, 4) is 0 Å². The highest BCUT2D eigenvalue weighted by Gasteiger charge is 2.46. The fourth-order valence-electron chi connectivity index (χ4n) is 5.68. The number of anilines is 1. The Labute approximate surface area is 219 Å². The minimum Gasteiger partial charge on any atom is -0.381 e. The quantitative estimate of drug-likeness (QED) is 0.634. The van der Waals surface area contributed by atoms with E-state index in [1.807, 2.05) is 35.1 Å². The molecule has 3 amide bonds. The van der Waals surface area contributed by atoms with Crippen LogP contribution in [0.25, 0.3) is 0 Å². The van der Waals surface area contributed by atoms with Crippen molar-refractivity contribution in [2.24, 2.45) is 5.92 Å². The summed E-state index contributed by atoms with van der Waals surface area (Å²) in [7, 11) is 0. The molecule has 11 heteroatoms. The third kappa shape index (κ3) is 5.24. The number of nitrogens with zero attached hydrogens (tertiary/aromatic N) is 6. The zero-order valence-electron chi connectivity index (χ0n) is 21.8. The highest BCUT2D eigenvalue weighted by molar-refractivity contribution is 6.02. The van der Waals surface area contributed by atoms with E-state index in [9.17, 15) is 9.59 Å². The molecule has 0 spiro atoms. The number of hydrogen-bond donors (Lipinski definition) is 2. The SMILES string of the molecule is C.CCn1cnc(C(=O)Nc2n[nH]c3c2CN(C(=O)N2CCN(CC4CCOCC4)C[C@@H]2C)C3(C)C)c1. The highest BCUT2D eigenvalue weighted by atomic mass is 16.5. The largest absolute Gasteiger partial charge is 0.381 e. The molecule has 1 atom stereocenters. The first-order valence-electron chi connectivity index (χ1n) is 13.1. The standard InChI is InChI=1S/C25H38N8O3.CH4/c1-5-30-15-20(26-16-30)23(34)27-22-19-14-33(25(3,4)21(19)28-29-22)24(35)32-9-8-31(12-17(32)2)13-18-6-10-36-11-7-18;/h15-18H,5-14H2,1-4H3,(H2,27,28,29,34);1H4/t17-;/m0./s1. The van der Waals surface area contributed by atoms with Crippen molar-refractivity contribution >= 4 is 17.8 Å². The summed E-state index contributed by atoms with van der Waals surface area (Å²) in [4.78, 5) is 37.1. The number of hydrogen-bond acceptors (Lipinski definition) is 6. The smallest absolute Gasteiger partial charge is 0.321 e. The summed E-state index contributed by atoms with van der Waals surface area (Å²) in [6.07, 6.45) is 5.60. The van der Waals surface area contributed by atoms with Crippen LogP contribution < -0.4 is 5.32 Å². The first kappa shape index (κ1) is 27.1. The van der Waals surface area contributed by atoms with E-state index in [1.54, 1.807) is 12.5 Å². The summed E-state index contributed by atoms with van der Waals surface area (Å²) < 4.78 is 7.35. The lowest BCUT2D eigenvalue weighted by Crippen LogP contribution is -2.59. The molecule has 0 aliphatic carbocycles. The second-order valence-corrected chi connectivity index (χ2v) is 10.8. The van der Waals surface area contributed by atoms with E-state index in [2.05, 4.69) is 32.3 Å². The fourth-order valence-corrected chi connectivity index (χ4v) is 5.68. The number of aromatic nitrogens is 4. The summed E-state index contributed by atoms with van der Waals surface area (Å²) in [6, 6.07) is 0.161. The molecule has 5 rings (SSSR count). The molecule has 3 aliphatic rings. The Balaban J connectivity index is 0.00000320. The van der Waals surface area contributed by atoms with E-state index in [1.165, 1.54) is 0 Å². The molecular weight excluding hydrogens is 472 g/mol. The summed E-state index contributed by atoms with van der Waals surface area (Å²) in [5.41, 5.74) is 1.48. The van der Waals surface area contributed by atoms with Gasteiger partial charge in [-0.2, -0.15) is 5.10 Å². The van der Waals surface area contributed by atoms with Gasteiger partial charge in [0.05, 0.1) is 24.1 Å². The lowest BCUT2D eigenvalue weighted by Gasteiger charge is -2.44. The summed E-state index contributed by atoms with van der Waals surface area (Å²) in [5.74, 6) is 0.833. The van der Waals surface area contributed by atoms with Crippen LogP contribution in [0.3, 0.4) is 0 Å². The predicted octanol–water partition coefficient (Wildman–Crippen LogP) is 3.12. The topological polar surface area (TPSA) is 112 Å². The van der Waals surface area contributed by atoms with E-state index >= 15 is 0 Å². The number of urea groups is 1. The van der Waals surface area contributed by atoms with Crippen molar-refractivity contribution in [3.63, 3.8) is 0 Å². The molecule has 11 nitrogen and oxygen atoms in total. The Morgan fingerprint density at radius 3 is 2.68 bits per heavy atom. The number of nitrogens with one attached hydrogen (secondary N) is 2. The molecule has 2 N–H and O–H groups in total. The zero-order valence-corrected chi connectivity index (χ0v) is 21.8. The first-order valence-corrected chi connectivity index (χ1v) is 13.1. The molecule has 0 radical (unpaired) electrons. The van der Waals surface area contributed by atoms with Crippen molar-refractivity contribution in [3.05, 3.63) is 29.5 Å². The van der Waals surface area contributed by atoms with E-state index in [0.29, 0.717) is 30.5 Å². The molecule has 204 valence electrons. The lowest BCUT2D eigenvalue weighted by atomic mass is 9.99. The summed E-state index contributed by atoms with van der Waals surface area (Å²) in [6.45, 7) is 14.6. The van der Waals surface area contributed by atoms with Gasteiger partial charge in [0.2, 0.25) is 0 Å². The van der Waals surface area contributed by atoms with Crippen LogP contribution in [-0.2, 0) is 23.4 Å². The molecule has 3 aliphatic heterocycles. The molecule has 0 bridgehead atoms. The molecule has 2 fully saturated rings. The third-order valence-electron chi connectivity index (χ3n) is 7.98. The van der Waals surface area contributed by atoms with Gasteiger partial charge in [-0.05, 0) is 46.5 Å². The first-order chi connectivity index (χ1) is 17.3. The van der Waals surface area contributed by atoms with Crippen LogP contribution in [0.4, 0.5) is 10.6 Å². The maximum atomic E-state index is 13.8. The number of carbonyl (C=O) groups excluding carboxylic acids is 2. The predicted molar refractivity (Wildman–Crippen MR) is 141 cm³/mol. The Morgan fingerprint density at radius 2 is 2.00 bits per heavy atom. The Hall–Kier alpha value is -2.92. The van der Waals surface area contributed by atoms with Crippen LogP contribution in [-0.4, -0.2) is 91.8 Å². The number of imidazole rings is 1. The van der Waals surface area contributed by atoms with Crippen LogP contribution in [0.1, 0.15) is 69.7 Å². The van der Waals surface area contributed by atoms with Gasteiger partial charge < -0.3 is 24.4 Å². The molecule has 2 aromatic rings. The van der Waals surface area contributed by atoms with Crippen molar-refractivity contribution in [1.82, 2.24) is 34.4 Å². The number of amides is 3. The van der Waals surface area contributed by atoms with Gasteiger partial charge >= 0.3 is 6.03 Å². The van der Waals surface area contributed by atoms with Crippen molar-refractivity contribution in [1.29, 1.82) is 0 Å². The second kappa shape index (κ2) is 10.8. The fraction of sp³-hybridized carbons (Fsp3) is 0.692. The van der Waals surface area contributed by atoms with Crippen LogP contribution in [0, 0.1) is 5.92 Å². The Bertz CT molecular complexity index is 1100. The number of fused-ring (bicyclic) bond motifs is 1. The Morgan fingerprint density at radius 1 is 1.24 bits per heavy atom. The van der Waals surface area contributed by atoms with Crippen molar-refractivity contribution in [2.75, 3.05) is 44.7 Å². The molecule has 0 aromatic carbocycles. The van der Waals surface area contributed by atoms with Crippen molar-refractivity contribution < 1.29 is 14.3 Å². The second-order valence-electron chi connectivity index (χ2n) is 10.8. The number of aromatic amines is 1. The number of rotatable bonds is 5. The molecule has 2 saturated heterocycles. The van der Waals surface area contributed by atoms with Gasteiger partial charge in [0, 0.05) is 63.7 Å². The average Bonchev–Trinajstić information content (AvgIpc) is 3.56. The maximum absolute atomic E-state index is 13.8. The van der Waals surface area contributed by atoms with Crippen LogP contribution in [0.2, 0.25) is 0 Å². The summed E-state index contributed by atoms with van der Waals surface area (Å²) in [5, 5.41) is 10.3. The van der Waals surface area contributed by atoms with E-state index in [0.717, 1.165) is 63.5 Å². The van der Waals surface area contributed by atoms with Gasteiger partial charge in [0.25, 0.3) is 5.91 Å². The number of H-pyrrole nitrogens is 1. The third-order valence-corrected chi connectivity index (χ3v) is 7.98. The van der Waals surface area contributed by atoms with Gasteiger partial charge in [-0.1, -0.05) is 7.43 Å². The zero-order chi connectivity index (χ0) is 25.4. The molecule has 5 heterocycles. The maximum Gasteiger partial charge on any atom is 0.321 e. The minimum atomic E-state index is -0.564. The highest BCUT2D eigenvalue weighted by Crippen LogP contribution is 2.41. The van der Waals surface area contributed by atoms with Gasteiger partial charge in [0.15, 0.2) is 5.82 Å². The normalized spacial score (nSPS) is 22.0. The monoisotopic (exact) mass is 514 g/mol. The number of carbonyl (C=O) groups is 2. The van der Waals surface area contributed by atoms with Gasteiger partial charge in [0.1, 0.15) is 5.69 Å². The molecule has 37 heavy (non-hydrogen) atoms. The van der Waals surface area contributed by atoms with Crippen LogP contribution in [0.15, 0.2) is 12.5 Å². The van der Waals surface area contributed by atoms with E-state index in [-0.39, 0.29) is 25.4 Å². The number of piperazine rings is 1. The molecule has 0 saturated carbocycles. The van der Waals surface area contributed by atoms with Gasteiger partial charge in [-0.25, -0.2) is 9.78 Å². The van der Waals surface area contributed by atoms with Crippen molar-refractivity contribution in [2.45, 2.75) is 72.6 Å². The summed E-state index contributed by atoms with van der Waals surface area (Å²) >= 11 is 0.